The zero-order valence-corrected chi connectivity index (χ0v) is 14.2. The van der Waals surface area contributed by atoms with E-state index in [-0.39, 0.29) is 18.4 Å². The number of amides is 3. The molecule has 25 heavy (non-hydrogen) atoms. The molecule has 7 nitrogen and oxygen atoms in total. The van der Waals surface area contributed by atoms with Gasteiger partial charge >= 0.3 is 6.03 Å². The first kappa shape index (κ1) is 17.1. The highest BCUT2D eigenvalue weighted by molar-refractivity contribution is 6.07. The van der Waals surface area contributed by atoms with Crippen LogP contribution in [-0.2, 0) is 16.9 Å². The lowest BCUT2D eigenvalue weighted by Gasteiger charge is -2.25. The first-order valence-electron chi connectivity index (χ1n) is 8.10. The predicted octanol–water partition coefficient (Wildman–Crippen LogP) is 2.69. The number of rotatable bonds is 5. The van der Waals surface area contributed by atoms with Crippen LogP contribution in [0.5, 0.6) is 0 Å². The molecule has 2 heterocycles. The van der Waals surface area contributed by atoms with Gasteiger partial charge in [-0.15, -0.1) is 0 Å². The van der Waals surface area contributed by atoms with Gasteiger partial charge in [-0.05, 0) is 24.1 Å². The van der Waals surface area contributed by atoms with Crippen LogP contribution < -0.4 is 5.32 Å². The highest BCUT2D eigenvalue weighted by atomic mass is 19.1. The first-order chi connectivity index (χ1) is 11.9. The highest BCUT2D eigenvalue weighted by Gasteiger charge is 2.51. The van der Waals surface area contributed by atoms with E-state index < -0.39 is 23.3 Å². The van der Waals surface area contributed by atoms with Crippen LogP contribution in [0.2, 0.25) is 0 Å². The standard InChI is InChI=1S/C17H19FN4O3/c1-4-17(11-5-7-12(18)8-6-11)15(23)22(16(24)20-17)9-13-19-14(10(2)3)21-25-13/h5-8,10H,4,9H2,1-3H3,(H,20,24)/t17-/m0/s1. The van der Waals surface area contributed by atoms with E-state index in [0.29, 0.717) is 17.8 Å². The highest BCUT2D eigenvalue weighted by Crippen LogP contribution is 2.33. The molecule has 1 aromatic carbocycles. The molecular weight excluding hydrogens is 327 g/mol. The normalized spacial score (nSPS) is 20.4. The van der Waals surface area contributed by atoms with Crippen molar-refractivity contribution < 1.29 is 18.5 Å². The van der Waals surface area contributed by atoms with Gasteiger partial charge in [0.15, 0.2) is 5.82 Å². The molecule has 1 N–H and O–H groups in total. The Balaban J connectivity index is 1.88. The Labute approximate surface area is 144 Å². The summed E-state index contributed by atoms with van der Waals surface area (Å²) in [6.07, 6.45) is 0.334. The van der Waals surface area contributed by atoms with E-state index >= 15 is 0 Å². The molecule has 1 atom stereocenters. The van der Waals surface area contributed by atoms with Gasteiger partial charge in [-0.2, -0.15) is 4.98 Å². The molecule has 0 bridgehead atoms. The maximum Gasteiger partial charge on any atom is 0.325 e. The van der Waals surface area contributed by atoms with E-state index in [0.717, 1.165) is 4.90 Å². The summed E-state index contributed by atoms with van der Waals surface area (Å²) in [6.45, 7) is 5.51. The monoisotopic (exact) mass is 346 g/mol. The molecule has 8 heteroatoms. The van der Waals surface area contributed by atoms with Crippen molar-refractivity contribution in [3.63, 3.8) is 0 Å². The second-order valence-electron chi connectivity index (χ2n) is 6.29. The number of benzene rings is 1. The van der Waals surface area contributed by atoms with E-state index in [9.17, 15) is 14.0 Å². The van der Waals surface area contributed by atoms with Crippen LogP contribution in [0.1, 0.15) is 50.4 Å². The molecule has 132 valence electrons. The van der Waals surface area contributed by atoms with Crippen molar-refractivity contribution in [3.8, 4) is 0 Å². The van der Waals surface area contributed by atoms with Crippen molar-refractivity contribution in [3.05, 3.63) is 47.4 Å². The Bertz CT molecular complexity index is 802. The largest absolute Gasteiger partial charge is 0.337 e. The third-order valence-corrected chi connectivity index (χ3v) is 4.34. The number of nitrogens with one attached hydrogen (secondary N) is 1. The molecule has 1 aromatic heterocycles. The SMILES string of the molecule is CC[C@@]1(c2ccc(F)cc2)NC(=O)N(Cc2nc(C(C)C)no2)C1=O. The van der Waals surface area contributed by atoms with Crippen LogP contribution in [-0.4, -0.2) is 27.0 Å². The van der Waals surface area contributed by atoms with Crippen molar-refractivity contribution in [1.29, 1.82) is 0 Å². The summed E-state index contributed by atoms with van der Waals surface area (Å²) in [5.41, 5.74) is -0.684. The number of urea groups is 1. The summed E-state index contributed by atoms with van der Waals surface area (Å²) in [6, 6.07) is 5.00. The van der Waals surface area contributed by atoms with E-state index in [1.54, 1.807) is 6.92 Å². The lowest BCUT2D eigenvalue weighted by atomic mass is 9.87. The summed E-state index contributed by atoms with van der Waals surface area (Å²) in [5, 5.41) is 6.56. The molecular formula is C17H19FN4O3. The predicted molar refractivity (Wildman–Crippen MR) is 85.8 cm³/mol. The van der Waals surface area contributed by atoms with Crippen LogP contribution >= 0.6 is 0 Å². The van der Waals surface area contributed by atoms with Gasteiger partial charge in [-0.3, -0.25) is 9.69 Å². The van der Waals surface area contributed by atoms with Gasteiger partial charge in [0, 0.05) is 5.92 Å². The minimum atomic E-state index is -1.22. The first-order valence-corrected chi connectivity index (χ1v) is 8.10. The van der Waals surface area contributed by atoms with Gasteiger partial charge in [-0.1, -0.05) is 38.1 Å². The third kappa shape index (κ3) is 2.88. The number of hydrogen-bond acceptors (Lipinski definition) is 5. The molecule has 3 rings (SSSR count). The van der Waals surface area contributed by atoms with Crippen molar-refractivity contribution >= 4 is 11.9 Å². The van der Waals surface area contributed by atoms with Crippen LogP contribution in [0, 0.1) is 5.82 Å². The number of imide groups is 1. The Morgan fingerprint density at radius 2 is 1.96 bits per heavy atom. The molecule has 1 aliphatic heterocycles. The molecule has 0 spiro atoms. The van der Waals surface area contributed by atoms with Crippen molar-refractivity contribution in [2.75, 3.05) is 0 Å². The van der Waals surface area contributed by atoms with E-state index in [2.05, 4.69) is 15.5 Å². The van der Waals surface area contributed by atoms with Crippen molar-refractivity contribution in [2.24, 2.45) is 0 Å². The molecule has 1 fully saturated rings. The molecule has 0 radical (unpaired) electrons. The summed E-state index contributed by atoms with van der Waals surface area (Å²) < 4.78 is 18.3. The zero-order chi connectivity index (χ0) is 18.2. The molecule has 1 aliphatic rings. The van der Waals surface area contributed by atoms with Crippen LogP contribution in [0.25, 0.3) is 0 Å². The molecule has 2 aromatic rings. The summed E-state index contributed by atoms with van der Waals surface area (Å²) in [5.74, 6) is -0.0401. The maximum atomic E-state index is 13.2. The maximum absolute atomic E-state index is 13.2. The Hall–Kier alpha value is -2.77. The second kappa shape index (κ2) is 6.27. The smallest absolute Gasteiger partial charge is 0.325 e. The van der Waals surface area contributed by atoms with Crippen LogP contribution in [0.15, 0.2) is 28.8 Å². The fraction of sp³-hybridized carbons (Fsp3) is 0.412. The second-order valence-corrected chi connectivity index (χ2v) is 6.29. The van der Waals surface area contributed by atoms with Crippen LogP contribution in [0.3, 0.4) is 0 Å². The lowest BCUT2D eigenvalue weighted by molar-refractivity contribution is -0.132. The van der Waals surface area contributed by atoms with Crippen molar-refractivity contribution in [2.45, 2.75) is 45.2 Å². The minimum absolute atomic E-state index is 0.0783. The lowest BCUT2D eigenvalue weighted by Crippen LogP contribution is -2.43. The average molecular weight is 346 g/mol. The Kier molecular flexibility index (Phi) is 4.28. The van der Waals surface area contributed by atoms with Crippen LogP contribution in [0.4, 0.5) is 9.18 Å². The number of carbonyl (C=O) groups excluding carboxylic acids is 2. The van der Waals surface area contributed by atoms with Gasteiger partial charge in [0.05, 0.1) is 0 Å². The topological polar surface area (TPSA) is 88.3 Å². The van der Waals surface area contributed by atoms with Gasteiger partial charge in [0.25, 0.3) is 5.91 Å². The molecule has 0 aliphatic carbocycles. The van der Waals surface area contributed by atoms with E-state index in [1.807, 2.05) is 13.8 Å². The minimum Gasteiger partial charge on any atom is -0.337 e. The van der Waals surface area contributed by atoms with Crippen molar-refractivity contribution in [1.82, 2.24) is 20.4 Å². The van der Waals surface area contributed by atoms with Gasteiger partial charge < -0.3 is 9.84 Å². The Morgan fingerprint density at radius 1 is 1.28 bits per heavy atom. The number of nitrogens with zero attached hydrogens (tertiary/aromatic N) is 3. The fourth-order valence-corrected chi connectivity index (χ4v) is 2.85. The summed E-state index contributed by atoms with van der Waals surface area (Å²) in [4.78, 5) is 30.6. The third-order valence-electron chi connectivity index (χ3n) is 4.34. The van der Waals surface area contributed by atoms with Gasteiger partial charge in [0.2, 0.25) is 5.89 Å². The van der Waals surface area contributed by atoms with Gasteiger partial charge in [-0.25, -0.2) is 9.18 Å². The molecule has 1 saturated heterocycles. The Morgan fingerprint density at radius 3 is 2.52 bits per heavy atom. The molecule has 0 saturated carbocycles. The quantitative estimate of drug-likeness (QED) is 0.841. The summed E-state index contributed by atoms with van der Waals surface area (Å²) in [7, 11) is 0. The average Bonchev–Trinajstić information content (AvgIpc) is 3.15. The molecule has 3 amide bonds. The van der Waals surface area contributed by atoms with E-state index in [1.165, 1.54) is 24.3 Å². The summed E-state index contributed by atoms with van der Waals surface area (Å²) >= 11 is 0. The zero-order valence-electron chi connectivity index (χ0n) is 14.2. The van der Waals surface area contributed by atoms with E-state index in [4.69, 9.17) is 4.52 Å². The molecule has 0 unspecified atom stereocenters. The number of hydrogen-bond donors (Lipinski definition) is 1. The van der Waals surface area contributed by atoms with Gasteiger partial charge in [0.1, 0.15) is 17.9 Å². The number of carbonyl (C=O) groups is 2. The number of halogens is 1. The fourth-order valence-electron chi connectivity index (χ4n) is 2.85. The number of aromatic nitrogens is 2.